The van der Waals surface area contributed by atoms with Crippen LogP contribution in [0.4, 0.5) is 16.2 Å². The van der Waals surface area contributed by atoms with E-state index < -0.39 is 17.7 Å². The first kappa shape index (κ1) is 24.2. The number of anilines is 2. The van der Waals surface area contributed by atoms with Gasteiger partial charge in [0.25, 0.3) is 5.91 Å². The van der Waals surface area contributed by atoms with Gasteiger partial charge in [0.2, 0.25) is 0 Å². The zero-order chi connectivity index (χ0) is 25.8. The van der Waals surface area contributed by atoms with Crippen LogP contribution >= 0.6 is 11.3 Å². The van der Waals surface area contributed by atoms with Gasteiger partial charge >= 0.3 is 6.03 Å². The quantitative estimate of drug-likeness (QED) is 0.333. The van der Waals surface area contributed by atoms with E-state index in [-0.39, 0.29) is 18.5 Å². The highest BCUT2D eigenvalue weighted by Gasteiger charge is 2.43. The number of β-amino-alcohol motifs (C(OH)–C–C–N with tert-alkyl or cyclic N) is 1. The maximum absolute atomic E-state index is 13.4. The van der Waals surface area contributed by atoms with Crippen LogP contribution in [-0.2, 0) is 0 Å². The number of aliphatic hydroxyl groups is 2. The van der Waals surface area contributed by atoms with E-state index in [0.29, 0.717) is 16.8 Å². The molecule has 0 spiro atoms. The molecular formula is C26H29N5O4S. The number of hydrogen-bond donors (Lipinski definition) is 4. The van der Waals surface area contributed by atoms with Crippen LogP contribution in [0, 0.1) is 6.92 Å². The van der Waals surface area contributed by atoms with Crippen molar-refractivity contribution in [2.45, 2.75) is 44.9 Å². The van der Waals surface area contributed by atoms with Crippen molar-refractivity contribution in [1.82, 2.24) is 19.8 Å². The number of aryl methyl sites for hydroxylation is 1. The molecule has 5 rings (SSSR count). The van der Waals surface area contributed by atoms with Gasteiger partial charge < -0.3 is 25.7 Å². The average molecular weight is 508 g/mol. The van der Waals surface area contributed by atoms with Gasteiger partial charge in [0.1, 0.15) is 0 Å². The molecule has 9 nitrogen and oxygen atoms in total. The summed E-state index contributed by atoms with van der Waals surface area (Å²) in [7, 11) is 1.61. The minimum absolute atomic E-state index is 0.188. The predicted octanol–water partition coefficient (Wildman–Crippen LogP) is 3.84. The molecule has 10 heteroatoms. The van der Waals surface area contributed by atoms with Gasteiger partial charge in [-0.2, -0.15) is 0 Å². The normalized spacial score (nSPS) is 18.2. The van der Waals surface area contributed by atoms with Crippen LogP contribution in [0.25, 0.3) is 21.1 Å². The van der Waals surface area contributed by atoms with Crippen molar-refractivity contribution in [2.75, 3.05) is 18.9 Å². The molecule has 1 aliphatic rings. The van der Waals surface area contributed by atoms with Crippen molar-refractivity contribution in [3.63, 3.8) is 0 Å². The molecule has 1 saturated heterocycles. The summed E-state index contributed by atoms with van der Waals surface area (Å²) in [6.07, 6.45) is 1.37. The van der Waals surface area contributed by atoms with Crippen LogP contribution < -0.4 is 10.6 Å². The van der Waals surface area contributed by atoms with Crippen molar-refractivity contribution < 1.29 is 19.8 Å². The van der Waals surface area contributed by atoms with Crippen molar-refractivity contribution in [3.8, 4) is 0 Å². The van der Waals surface area contributed by atoms with Crippen LogP contribution in [-0.4, -0.2) is 67.9 Å². The predicted molar refractivity (Wildman–Crippen MR) is 141 cm³/mol. The maximum Gasteiger partial charge on any atom is 0.325 e. The summed E-state index contributed by atoms with van der Waals surface area (Å²) in [5, 5.41) is 27.7. The lowest BCUT2D eigenvalue weighted by Gasteiger charge is -2.33. The van der Waals surface area contributed by atoms with E-state index in [0.717, 1.165) is 32.7 Å². The highest BCUT2D eigenvalue weighted by atomic mass is 32.1. The van der Waals surface area contributed by atoms with Gasteiger partial charge in [0, 0.05) is 36.6 Å². The number of rotatable bonds is 4. The summed E-state index contributed by atoms with van der Waals surface area (Å²) in [6, 6.07) is 10.7. The number of aromatic nitrogens is 2. The molecule has 1 aliphatic heterocycles. The number of thiophene rings is 1. The first-order chi connectivity index (χ1) is 17.1. The molecule has 1 aromatic carbocycles. The first-order valence-corrected chi connectivity index (χ1v) is 12.6. The number of carbonyl (C=O) groups excluding carboxylic acids is 2. The Balaban J connectivity index is 1.46. The van der Waals surface area contributed by atoms with Gasteiger partial charge in [0.05, 0.1) is 44.0 Å². The summed E-state index contributed by atoms with van der Waals surface area (Å²) in [6.45, 7) is 5.40. The molecule has 2 atom stereocenters. The molecule has 4 heterocycles. The number of nitrogens with one attached hydrogen (secondary N) is 2. The molecule has 2 amide bonds. The van der Waals surface area contributed by atoms with Crippen LogP contribution in [0.15, 0.2) is 42.6 Å². The Kier molecular flexibility index (Phi) is 5.98. The molecule has 36 heavy (non-hydrogen) atoms. The fourth-order valence-corrected chi connectivity index (χ4v) is 6.00. The van der Waals surface area contributed by atoms with Crippen molar-refractivity contribution >= 4 is 55.8 Å². The Labute approximate surface area is 212 Å². The zero-order valence-electron chi connectivity index (χ0n) is 20.6. The molecule has 0 saturated carbocycles. The minimum Gasteiger partial charge on any atom is -0.391 e. The van der Waals surface area contributed by atoms with Crippen LogP contribution in [0.5, 0.6) is 0 Å². The molecule has 3 aromatic heterocycles. The van der Waals surface area contributed by atoms with Crippen LogP contribution in [0.1, 0.15) is 35.6 Å². The SMILES string of the molecule is CNC(=O)n1c(C)cc2cc(Nc3ccnc4cc(C(=O)N5C[C@H](O)C[C@H]5C(C)(C)O)sc34)ccc21. The molecule has 0 bridgehead atoms. The molecule has 4 N–H and O–H groups in total. The average Bonchev–Trinajstić information content (AvgIpc) is 3.52. The number of pyridine rings is 1. The van der Waals surface area contributed by atoms with Gasteiger partial charge in [-0.15, -0.1) is 11.3 Å². The van der Waals surface area contributed by atoms with E-state index in [2.05, 4.69) is 15.6 Å². The third-order valence-corrected chi connectivity index (χ3v) is 7.81. The molecule has 4 aromatic rings. The fourth-order valence-electron chi connectivity index (χ4n) is 4.96. The molecular weight excluding hydrogens is 478 g/mol. The molecule has 1 fully saturated rings. The van der Waals surface area contributed by atoms with E-state index in [1.54, 1.807) is 42.6 Å². The highest BCUT2D eigenvalue weighted by Crippen LogP contribution is 2.36. The summed E-state index contributed by atoms with van der Waals surface area (Å²) in [5.41, 5.74) is 2.88. The Morgan fingerprint density at radius 3 is 2.69 bits per heavy atom. The van der Waals surface area contributed by atoms with Crippen LogP contribution in [0.2, 0.25) is 0 Å². The monoisotopic (exact) mass is 507 g/mol. The summed E-state index contributed by atoms with van der Waals surface area (Å²) in [5.74, 6) is -0.222. The number of aliphatic hydroxyl groups excluding tert-OH is 1. The van der Waals surface area contributed by atoms with Gasteiger partial charge in [-0.25, -0.2) is 4.79 Å². The van der Waals surface area contributed by atoms with E-state index in [4.69, 9.17) is 0 Å². The third-order valence-electron chi connectivity index (χ3n) is 6.66. The van der Waals surface area contributed by atoms with Crippen LogP contribution in [0.3, 0.4) is 0 Å². The fraction of sp³-hybridized carbons (Fsp3) is 0.346. The Morgan fingerprint density at radius 2 is 1.97 bits per heavy atom. The van der Waals surface area contributed by atoms with Crippen molar-refractivity contribution in [1.29, 1.82) is 0 Å². The molecule has 0 radical (unpaired) electrons. The lowest BCUT2D eigenvalue weighted by Crippen LogP contribution is -2.48. The minimum atomic E-state index is -1.12. The maximum atomic E-state index is 13.4. The topological polar surface area (TPSA) is 120 Å². The summed E-state index contributed by atoms with van der Waals surface area (Å²) >= 11 is 1.33. The van der Waals surface area contributed by atoms with E-state index in [1.807, 2.05) is 37.3 Å². The van der Waals surface area contributed by atoms with Crippen molar-refractivity contribution in [3.05, 3.63) is 53.2 Å². The molecule has 0 unspecified atom stereocenters. The third kappa shape index (κ3) is 4.21. The van der Waals surface area contributed by atoms with E-state index in [1.165, 1.54) is 11.3 Å². The van der Waals surface area contributed by atoms with E-state index in [9.17, 15) is 19.8 Å². The highest BCUT2D eigenvalue weighted by molar-refractivity contribution is 7.21. The van der Waals surface area contributed by atoms with Gasteiger partial charge in [-0.1, -0.05) is 0 Å². The first-order valence-electron chi connectivity index (χ1n) is 11.8. The second-order valence-corrected chi connectivity index (χ2v) is 10.8. The number of likely N-dealkylation sites (tertiary alicyclic amines) is 1. The van der Waals surface area contributed by atoms with E-state index >= 15 is 0 Å². The van der Waals surface area contributed by atoms with Gasteiger partial charge in [-0.3, -0.25) is 14.3 Å². The summed E-state index contributed by atoms with van der Waals surface area (Å²) < 4.78 is 2.47. The number of hydrogen-bond acceptors (Lipinski definition) is 7. The second kappa shape index (κ2) is 8.88. The molecule has 0 aliphatic carbocycles. The number of benzene rings is 1. The Hall–Kier alpha value is -3.47. The number of carbonyl (C=O) groups is 2. The lowest BCUT2D eigenvalue weighted by molar-refractivity contribution is 0.000157. The largest absolute Gasteiger partial charge is 0.391 e. The molecule has 188 valence electrons. The second-order valence-electron chi connectivity index (χ2n) is 9.77. The standard InChI is InChI=1S/C26H29N5O4S/c1-14-9-15-10-16(5-6-20(15)31(14)25(34)27-4)29-18-7-8-28-19-12-21(36-23(18)19)24(33)30-13-17(32)11-22(30)26(2,3)35/h5-10,12,17,22,32,35H,11,13H2,1-4H3,(H,27,34)(H,28,29)/t17-,22+/m1/s1. The Morgan fingerprint density at radius 1 is 1.19 bits per heavy atom. The summed E-state index contributed by atoms with van der Waals surface area (Å²) in [4.78, 5) is 32.1. The lowest BCUT2D eigenvalue weighted by atomic mass is 9.96. The van der Waals surface area contributed by atoms with Gasteiger partial charge in [-0.05, 0) is 63.6 Å². The number of nitrogens with zero attached hydrogens (tertiary/aromatic N) is 3. The Bertz CT molecular complexity index is 1490. The van der Waals surface area contributed by atoms with Gasteiger partial charge in [0.15, 0.2) is 0 Å². The smallest absolute Gasteiger partial charge is 0.325 e. The zero-order valence-corrected chi connectivity index (χ0v) is 21.4. The number of fused-ring (bicyclic) bond motifs is 2. The number of amides is 2. The van der Waals surface area contributed by atoms with Crippen molar-refractivity contribution in [2.24, 2.45) is 0 Å².